The molecule has 10 heteroatoms. The number of halogens is 3. The summed E-state index contributed by atoms with van der Waals surface area (Å²) in [6.07, 6.45) is -6.36. The quantitative estimate of drug-likeness (QED) is 0.658. The highest BCUT2D eigenvalue weighted by atomic mass is 19.4. The number of hydrogen-bond acceptors (Lipinski definition) is 5. The Kier molecular flexibility index (Phi) is 6.85. The first-order chi connectivity index (χ1) is 11.9. The molecule has 1 aromatic carbocycles. The van der Waals surface area contributed by atoms with E-state index >= 15 is 0 Å². The lowest BCUT2D eigenvalue weighted by molar-refractivity contribution is -0.253. The van der Waals surface area contributed by atoms with Gasteiger partial charge in [-0.2, -0.15) is 13.2 Å². The maximum absolute atomic E-state index is 12.5. The largest absolute Gasteiger partial charge is 0.493 e. The Morgan fingerprint density at radius 3 is 2.31 bits per heavy atom. The Hall–Kier alpha value is -2.49. The van der Waals surface area contributed by atoms with Gasteiger partial charge < -0.3 is 14.6 Å². The number of aliphatic hydroxyl groups is 1. The number of carbonyl (C=O) groups is 2. The molecule has 0 saturated carbocycles. The van der Waals surface area contributed by atoms with E-state index in [1.807, 2.05) is 24.7 Å². The predicted octanol–water partition coefficient (Wildman–Crippen LogP) is 1.95. The van der Waals surface area contributed by atoms with E-state index in [-0.39, 0.29) is 17.4 Å². The van der Waals surface area contributed by atoms with Gasteiger partial charge >= 0.3 is 6.18 Å². The SMILES string of the molecule is COc1cc(C(=O)NNC(=O)C[C@](C)(O)C(F)(F)F)ccc1OC(C)C. The van der Waals surface area contributed by atoms with Crippen LogP contribution in [0.4, 0.5) is 13.2 Å². The van der Waals surface area contributed by atoms with Gasteiger partial charge in [0.25, 0.3) is 5.91 Å². The average molecular weight is 378 g/mol. The van der Waals surface area contributed by atoms with Crippen LogP contribution in [0.5, 0.6) is 11.5 Å². The van der Waals surface area contributed by atoms with Gasteiger partial charge in [-0.05, 0) is 39.0 Å². The number of hydrogen-bond donors (Lipinski definition) is 3. The molecule has 0 spiro atoms. The molecule has 1 rings (SSSR count). The Morgan fingerprint density at radius 2 is 1.81 bits per heavy atom. The van der Waals surface area contributed by atoms with Crippen molar-refractivity contribution < 1.29 is 37.3 Å². The molecule has 0 radical (unpaired) electrons. The van der Waals surface area contributed by atoms with E-state index in [0.29, 0.717) is 12.7 Å². The molecular formula is C16H21F3N2O5. The first-order valence-corrected chi connectivity index (χ1v) is 7.60. The molecule has 0 aromatic heterocycles. The van der Waals surface area contributed by atoms with E-state index in [1.54, 1.807) is 0 Å². The van der Waals surface area contributed by atoms with Crippen LogP contribution in [0, 0.1) is 0 Å². The topological polar surface area (TPSA) is 96.9 Å². The molecule has 2 amide bonds. The molecule has 0 aliphatic rings. The molecule has 0 aliphatic carbocycles. The zero-order valence-corrected chi connectivity index (χ0v) is 14.7. The van der Waals surface area contributed by atoms with Gasteiger partial charge in [0.1, 0.15) is 0 Å². The van der Waals surface area contributed by atoms with E-state index in [0.717, 1.165) is 0 Å². The lowest BCUT2D eigenvalue weighted by Crippen LogP contribution is -2.49. The van der Waals surface area contributed by atoms with Gasteiger partial charge in [-0.1, -0.05) is 0 Å². The van der Waals surface area contributed by atoms with Crippen molar-refractivity contribution in [2.45, 2.75) is 45.1 Å². The Balaban J connectivity index is 2.72. The highest BCUT2D eigenvalue weighted by molar-refractivity contribution is 5.96. The summed E-state index contributed by atoms with van der Waals surface area (Å²) in [5.41, 5.74) is 0.671. The van der Waals surface area contributed by atoms with Crippen LogP contribution in [0.1, 0.15) is 37.6 Å². The lowest BCUT2D eigenvalue weighted by Gasteiger charge is -2.25. The minimum atomic E-state index is -4.98. The molecule has 1 aromatic rings. The third-order valence-electron chi connectivity index (χ3n) is 3.22. The second kappa shape index (κ2) is 8.26. The summed E-state index contributed by atoms with van der Waals surface area (Å²) in [4.78, 5) is 23.5. The average Bonchev–Trinajstić information content (AvgIpc) is 2.50. The van der Waals surface area contributed by atoms with Crippen molar-refractivity contribution in [3.05, 3.63) is 23.8 Å². The summed E-state index contributed by atoms with van der Waals surface area (Å²) < 4.78 is 48.2. The molecule has 146 valence electrons. The molecule has 26 heavy (non-hydrogen) atoms. The molecule has 0 unspecified atom stereocenters. The number of methoxy groups -OCH3 is 1. The first-order valence-electron chi connectivity index (χ1n) is 7.60. The third kappa shape index (κ3) is 5.80. The molecule has 1 atom stereocenters. The summed E-state index contributed by atoms with van der Waals surface area (Å²) in [5, 5.41) is 9.25. The van der Waals surface area contributed by atoms with Gasteiger partial charge in [-0.25, -0.2) is 0 Å². The zero-order valence-electron chi connectivity index (χ0n) is 14.7. The van der Waals surface area contributed by atoms with Crippen LogP contribution in [0.15, 0.2) is 18.2 Å². The fourth-order valence-corrected chi connectivity index (χ4v) is 1.82. The summed E-state index contributed by atoms with van der Waals surface area (Å²) in [7, 11) is 1.38. The number of nitrogens with one attached hydrogen (secondary N) is 2. The summed E-state index contributed by atoms with van der Waals surface area (Å²) in [5.74, 6) is -1.30. The fraction of sp³-hybridized carbons (Fsp3) is 0.500. The van der Waals surface area contributed by atoms with Crippen LogP contribution in [0.25, 0.3) is 0 Å². The van der Waals surface area contributed by atoms with Gasteiger partial charge in [0, 0.05) is 5.56 Å². The smallest absolute Gasteiger partial charge is 0.417 e. The molecule has 0 heterocycles. The van der Waals surface area contributed by atoms with Crippen molar-refractivity contribution in [2.75, 3.05) is 7.11 Å². The Bertz CT molecular complexity index is 660. The highest BCUT2D eigenvalue weighted by Crippen LogP contribution is 2.32. The van der Waals surface area contributed by atoms with E-state index in [9.17, 15) is 27.9 Å². The Morgan fingerprint density at radius 1 is 1.19 bits per heavy atom. The number of carbonyl (C=O) groups excluding carboxylic acids is 2. The van der Waals surface area contributed by atoms with Crippen LogP contribution in [0.2, 0.25) is 0 Å². The highest BCUT2D eigenvalue weighted by Gasteiger charge is 2.51. The van der Waals surface area contributed by atoms with Crippen molar-refractivity contribution in [3.63, 3.8) is 0 Å². The van der Waals surface area contributed by atoms with E-state index in [2.05, 4.69) is 0 Å². The van der Waals surface area contributed by atoms with Gasteiger partial charge in [-0.3, -0.25) is 20.4 Å². The number of rotatable bonds is 6. The van der Waals surface area contributed by atoms with Gasteiger partial charge in [-0.15, -0.1) is 0 Å². The van der Waals surface area contributed by atoms with Gasteiger partial charge in [0.05, 0.1) is 19.6 Å². The fourth-order valence-electron chi connectivity index (χ4n) is 1.82. The first kappa shape index (κ1) is 21.6. The normalized spacial score (nSPS) is 13.7. The van der Waals surface area contributed by atoms with E-state index in [1.165, 1.54) is 25.3 Å². The monoisotopic (exact) mass is 378 g/mol. The van der Waals surface area contributed by atoms with Crippen LogP contribution < -0.4 is 20.3 Å². The lowest BCUT2D eigenvalue weighted by atomic mass is 10.0. The predicted molar refractivity (Wildman–Crippen MR) is 85.7 cm³/mol. The number of ether oxygens (including phenoxy) is 2. The minimum absolute atomic E-state index is 0.0841. The van der Waals surface area contributed by atoms with Crippen molar-refractivity contribution in [2.24, 2.45) is 0 Å². The zero-order chi connectivity index (χ0) is 20.1. The number of alkyl halides is 3. The van der Waals surface area contributed by atoms with Gasteiger partial charge in [0.15, 0.2) is 17.1 Å². The van der Waals surface area contributed by atoms with Crippen LogP contribution >= 0.6 is 0 Å². The molecule has 0 bridgehead atoms. The van der Waals surface area contributed by atoms with E-state index in [4.69, 9.17) is 9.47 Å². The van der Waals surface area contributed by atoms with E-state index < -0.39 is 30.0 Å². The minimum Gasteiger partial charge on any atom is -0.493 e. The third-order valence-corrected chi connectivity index (χ3v) is 3.22. The van der Waals surface area contributed by atoms with Gasteiger partial charge in [0.2, 0.25) is 5.91 Å². The number of benzene rings is 1. The van der Waals surface area contributed by atoms with Crippen LogP contribution in [0.3, 0.4) is 0 Å². The Labute approximate surface area is 148 Å². The molecule has 0 fully saturated rings. The molecule has 3 N–H and O–H groups in total. The maximum atomic E-state index is 12.5. The van der Waals surface area contributed by atoms with Crippen molar-refractivity contribution in [1.82, 2.24) is 10.9 Å². The van der Waals surface area contributed by atoms with Crippen LogP contribution in [-0.4, -0.2) is 41.9 Å². The maximum Gasteiger partial charge on any atom is 0.417 e. The molecule has 0 saturated heterocycles. The summed E-state index contributed by atoms with van der Waals surface area (Å²) in [6.45, 7) is 4.09. The summed E-state index contributed by atoms with van der Waals surface area (Å²) in [6, 6.07) is 4.24. The summed E-state index contributed by atoms with van der Waals surface area (Å²) >= 11 is 0. The molecule has 7 nitrogen and oxygen atoms in total. The number of amides is 2. The van der Waals surface area contributed by atoms with Crippen molar-refractivity contribution >= 4 is 11.8 Å². The van der Waals surface area contributed by atoms with Crippen molar-refractivity contribution in [1.29, 1.82) is 0 Å². The van der Waals surface area contributed by atoms with Crippen LogP contribution in [-0.2, 0) is 4.79 Å². The standard InChI is InChI=1S/C16H21F3N2O5/c1-9(2)26-11-6-5-10(7-12(11)25-4)14(23)21-20-13(22)8-15(3,24)16(17,18)19/h5-7,9,24H,8H2,1-4H3,(H,20,22)(H,21,23)/t15-/m0/s1. The number of hydrazine groups is 1. The molecule has 0 aliphatic heterocycles. The second-order valence-electron chi connectivity index (χ2n) is 5.98. The second-order valence-corrected chi connectivity index (χ2v) is 5.98. The molecular weight excluding hydrogens is 357 g/mol. The van der Waals surface area contributed by atoms with Crippen molar-refractivity contribution in [3.8, 4) is 11.5 Å².